The average molecular weight is 404 g/mol. The van der Waals surface area contributed by atoms with Crippen molar-refractivity contribution in [1.29, 1.82) is 0 Å². The Morgan fingerprint density at radius 1 is 1.00 bits per heavy atom. The van der Waals surface area contributed by atoms with Crippen molar-refractivity contribution in [1.82, 2.24) is 0 Å². The summed E-state index contributed by atoms with van der Waals surface area (Å²) in [6.07, 6.45) is 3.80. The van der Waals surface area contributed by atoms with Crippen molar-refractivity contribution >= 4 is 37.4 Å². The molecule has 1 aromatic carbocycles. The summed E-state index contributed by atoms with van der Waals surface area (Å²) in [7, 11) is 0. The molecule has 0 heterocycles. The van der Waals surface area contributed by atoms with Crippen LogP contribution in [0.25, 0.3) is 5.57 Å². The third-order valence-corrected chi connectivity index (χ3v) is 4.61. The van der Waals surface area contributed by atoms with Gasteiger partial charge in [-0.3, -0.25) is 20.2 Å². The minimum Gasteiger partial charge on any atom is -0.258 e. The zero-order valence-electron chi connectivity index (χ0n) is 9.90. The number of halogens is 2. The number of alkyl halides is 2. The third kappa shape index (κ3) is 2.18. The van der Waals surface area contributed by atoms with Gasteiger partial charge in [-0.2, -0.15) is 0 Å². The zero-order chi connectivity index (χ0) is 15.0. The van der Waals surface area contributed by atoms with E-state index in [9.17, 15) is 20.2 Å². The normalized spacial score (nSPS) is 19.2. The first-order valence-corrected chi connectivity index (χ1v) is 7.04. The Bertz CT molecular complexity index is 612. The van der Waals surface area contributed by atoms with E-state index in [1.165, 1.54) is 12.2 Å². The second-order valence-corrected chi connectivity index (χ2v) is 7.73. The lowest BCUT2D eigenvalue weighted by atomic mass is 9.93. The fourth-order valence-electron chi connectivity index (χ4n) is 1.91. The molecule has 1 aromatic rings. The van der Waals surface area contributed by atoms with E-state index in [0.29, 0.717) is 5.57 Å². The number of benzene rings is 1. The number of nitro groups is 2. The first-order chi connectivity index (χ1) is 9.31. The van der Waals surface area contributed by atoms with Crippen LogP contribution in [0.5, 0.6) is 0 Å². The zero-order valence-corrected chi connectivity index (χ0v) is 13.1. The predicted octanol–water partition coefficient (Wildman–Crippen LogP) is 3.38. The highest BCUT2D eigenvalue weighted by atomic mass is 79.9. The molecule has 8 heteroatoms. The number of nitrogens with zero attached hydrogens (tertiary/aromatic N) is 2. The van der Waals surface area contributed by atoms with Crippen molar-refractivity contribution in [2.75, 3.05) is 0 Å². The van der Waals surface area contributed by atoms with Gasteiger partial charge in [-0.25, -0.2) is 0 Å². The molecule has 0 radical (unpaired) electrons. The number of hydrogen-bond acceptors (Lipinski definition) is 4. The van der Waals surface area contributed by atoms with E-state index < -0.39 is 18.7 Å². The average Bonchev–Trinajstić information content (AvgIpc) is 2.37. The van der Waals surface area contributed by atoms with Crippen molar-refractivity contribution in [3.63, 3.8) is 0 Å². The van der Waals surface area contributed by atoms with Gasteiger partial charge in [-0.1, -0.05) is 62.2 Å². The smallest absolute Gasteiger partial charge is 0.258 e. The molecule has 20 heavy (non-hydrogen) atoms. The lowest BCUT2D eigenvalue weighted by Gasteiger charge is -2.27. The van der Waals surface area contributed by atoms with E-state index in [0.717, 1.165) is 11.6 Å². The molecule has 0 saturated heterocycles. The van der Waals surface area contributed by atoms with Crippen LogP contribution in [-0.2, 0) is 0 Å². The van der Waals surface area contributed by atoms with Crippen LogP contribution in [0.4, 0.5) is 0 Å². The monoisotopic (exact) mass is 402 g/mol. The van der Waals surface area contributed by atoms with Gasteiger partial charge in [0.05, 0.1) is 6.08 Å². The molecule has 0 amide bonds. The van der Waals surface area contributed by atoms with E-state index in [-0.39, 0.29) is 0 Å². The first-order valence-electron chi connectivity index (χ1n) is 5.45. The van der Waals surface area contributed by atoms with Gasteiger partial charge < -0.3 is 0 Å². The Morgan fingerprint density at radius 3 is 2.00 bits per heavy atom. The molecule has 1 aliphatic carbocycles. The number of rotatable bonds is 3. The highest BCUT2D eigenvalue weighted by molar-refractivity contribution is 9.25. The standard InChI is InChI=1S/C12H8Br2N2O4/c13-11(14)8-10(9-4-2-1-3-5-9)6-7-12(11,15(17)18)16(19)20/h1-8H. The molecule has 0 saturated carbocycles. The maximum absolute atomic E-state index is 11.2. The van der Waals surface area contributed by atoms with Crippen molar-refractivity contribution in [3.8, 4) is 0 Å². The molecule has 0 unspecified atom stereocenters. The van der Waals surface area contributed by atoms with Gasteiger partial charge in [0.1, 0.15) is 9.85 Å². The maximum atomic E-state index is 11.2. The summed E-state index contributed by atoms with van der Waals surface area (Å²) in [5.41, 5.74) is -1.03. The Labute approximate surface area is 130 Å². The van der Waals surface area contributed by atoms with E-state index in [2.05, 4.69) is 31.9 Å². The predicted molar refractivity (Wildman–Crippen MR) is 80.9 cm³/mol. The second kappa shape index (κ2) is 5.10. The van der Waals surface area contributed by atoms with Crippen molar-refractivity contribution < 1.29 is 9.85 Å². The molecule has 0 fully saturated rings. The van der Waals surface area contributed by atoms with Gasteiger partial charge in [-0.05, 0) is 23.3 Å². The number of allylic oxidation sites excluding steroid dienone is 2. The molecule has 0 N–H and O–H groups in total. The molecular weight excluding hydrogens is 396 g/mol. The molecule has 2 rings (SSSR count). The molecule has 6 nitrogen and oxygen atoms in total. The maximum Gasteiger partial charge on any atom is 0.505 e. The summed E-state index contributed by atoms with van der Waals surface area (Å²) < 4.78 is -1.61. The Hall–Kier alpha value is -1.54. The van der Waals surface area contributed by atoms with Gasteiger partial charge in [0.15, 0.2) is 0 Å². The van der Waals surface area contributed by atoms with Crippen molar-refractivity contribution in [3.05, 3.63) is 74.4 Å². The molecule has 0 spiro atoms. The lowest BCUT2D eigenvalue weighted by Crippen LogP contribution is -2.57. The molecule has 0 aromatic heterocycles. The van der Waals surface area contributed by atoms with Crippen LogP contribution >= 0.6 is 31.9 Å². The molecule has 0 bridgehead atoms. The Morgan fingerprint density at radius 2 is 1.55 bits per heavy atom. The lowest BCUT2D eigenvalue weighted by molar-refractivity contribution is -0.779. The Kier molecular flexibility index (Phi) is 3.79. The third-order valence-electron chi connectivity index (χ3n) is 2.99. The summed E-state index contributed by atoms with van der Waals surface area (Å²) in [5, 5.41) is 22.4. The second-order valence-electron chi connectivity index (χ2n) is 4.16. The van der Waals surface area contributed by atoms with Crippen LogP contribution < -0.4 is 0 Å². The van der Waals surface area contributed by atoms with E-state index in [1.54, 1.807) is 0 Å². The first kappa shape index (κ1) is 14.9. The molecule has 0 atom stereocenters. The highest BCUT2D eigenvalue weighted by Gasteiger charge is 2.69. The SMILES string of the molecule is O=[N+]([O-])C1([N+](=O)[O-])C=CC(c2ccccc2)=CC1(Br)Br. The van der Waals surface area contributed by atoms with Crippen LogP contribution in [0, 0.1) is 20.2 Å². The van der Waals surface area contributed by atoms with Crippen LogP contribution in [0.1, 0.15) is 5.56 Å². The molecule has 1 aliphatic rings. The van der Waals surface area contributed by atoms with E-state index in [1.807, 2.05) is 30.3 Å². The van der Waals surface area contributed by atoms with E-state index >= 15 is 0 Å². The fourth-order valence-corrected chi connectivity index (χ4v) is 3.25. The van der Waals surface area contributed by atoms with Gasteiger partial charge in [0.2, 0.25) is 3.23 Å². The largest absolute Gasteiger partial charge is 0.505 e. The summed E-state index contributed by atoms with van der Waals surface area (Å²) >= 11 is 6.12. The van der Waals surface area contributed by atoms with Gasteiger partial charge in [-0.15, -0.1) is 0 Å². The van der Waals surface area contributed by atoms with Crippen molar-refractivity contribution in [2.45, 2.75) is 8.90 Å². The molecule has 104 valence electrons. The highest BCUT2D eigenvalue weighted by Crippen LogP contribution is 2.47. The van der Waals surface area contributed by atoms with Crippen LogP contribution in [0.15, 0.2) is 48.6 Å². The fraction of sp³-hybridized carbons (Fsp3) is 0.167. The van der Waals surface area contributed by atoms with Crippen molar-refractivity contribution in [2.24, 2.45) is 0 Å². The summed E-state index contributed by atoms with van der Waals surface area (Å²) in [6.45, 7) is 0. The van der Waals surface area contributed by atoms with Crippen LogP contribution in [0.2, 0.25) is 0 Å². The Balaban J connectivity index is 2.54. The topological polar surface area (TPSA) is 86.3 Å². The molecular formula is C12H8Br2N2O4. The summed E-state index contributed by atoms with van der Waals surface area (Å²) in [6, 6.07) is 9.10. The minimum absolute atomic E-state index is 0.652. The van der Waals surface area contributed by atoms with Gasteiger partial charge in [0.25, 0.3) is 0 Å². The van der Waals surface area contributed by atoms with Crippen LogP contribution in [-0.4, -0.2) is 18.7 Å². The van der Waals surface area contributed by atoms with Gasteiger partial charge >= 0.3 is 5.66 Å². The van der Waals surface area contributed by atoms with Gasteiger partial charge in [0, 0.05) is 0 Å². The molecule has 0 aliphatic heterocycles. The van der Waals surface area contributed by atoms with Crippen LogP contribution in [0.3, 0.4) is 0 Å². The quantitative estimate of drug-likeness (QED) is 0.335. The number of hydrogen-bond donors (Lipinski definition) is 0. The minimum atomic E-state index is -2.49. The summed E-state index contributed by atoms with van der Waals surface area (Å²) in [4.78, 5) is 20.5. The van der Waals surface area contributed by atoms with E-state index in [4.69, 9.17) is 0 Å². The summed E-state index contributed by atoms with van der Waals surface area (Å²) in [5.74, 6) is 0.